The average molecular weight is 194 g/mol. The number of hydrogen-bond acceptors (Lipinski definition) is 2. The van der Waals surface area contributed by atoms with Gasteiger partial charge in [0.2, 0.25) is 0 Å². The Balaban J connectivity index is 2.73. The van der Waals surface area contributed by atoms with Crippen molar-refractivity contribution in [3.05, 3.63) is 17.5 Å². The molecular weight excluding hydrogens is 176 g/mol. The van der Waals surface area contributed by atoms with E-state index in [9.17, 15) is 4.79 Å². The predicted octanol–water partition coefficient (Wildman–Crippen LogP) is 2.36. The molecule has 0 fully saturated rings. The number of nitrogens with zero attached hydrogens (tertiary/aromatic N) is 2. The van der Waals surface area contributed by atoms with Crippen molar-refractivity contribution >= 4 is 5.78 Å². The van der Waals surface area contributed by atoms with E-state index < -0.39 is 0 Å². The fourth-order valence-corrected chi connectivity index (χ4v) is 1.43. The van der Waals surface area contributed by atoms with Gasteiger partial charge in [0.15, 0.2) is 5.78 Å². The normalized spacial score (nSPS) is 10.5. The molecule has 0 saturated heterocycles. The van der Waals surface area contributed by atoms with Crippen molar-refractivity contribution in [1.82, 2.24) is 9.78 Å². The molecule has 0 spiro atoms. The molecule has 1 heterocycles. The summed E-state index contributed by atoms with van der Waals surface area (Å²) in [5, 5.41) is 4.25. The van der Waals surface area contributed by atoms with Gasteiger partial charge in [-0.3, -0.25) is 9.48 Å². The fourth-order valence-electron chi connectivity index (χ4n) is 1.43. The van der Waals surface area contributed by atoms with E-state index >= 15 is 0 Å². The highest BCUT2D eigenvalue weighted by Crippen LogP contribution is 2.08. The first-order valence-electron chi connectivity index (χ1n) is 5.25. The Morgan fingerprint density at radius 2 is 2.21 bits per heavy atom. The maximum absolute atomic E-state index is 11.7. The van der Waals surface area contributed by atoms with Gasteiger partial charge in [-0.1, -0.05) is 20.3 Å². The van der Waals surface area contributed by atoms with Crippen LogP contribution in [-0.2, 0) is 13.5 Å². The molecule has 0 bridgehead atoms. The Labute approximate surface area is 85.1 Å². The van der Waals surface area contributed by atoms with Crippen LogP contribution in [0, 0.1) is 0 Å². The van der Waals surface area contributed by atoms with Gasteiger partial charge in [0.1, 0.15) is 5.69 Å². The van der Waals surface area contributed by atoms with Gasteiger partial charge in [-0.05, 0) is 18.9 Å². The lowest BCUT2D eigenvalue weighted by Crippen LogP contribution is -2.06. The Bertz CT molecular complexity index is 315. The predicted molar refractivity (Wildman–Crippen MR) is 56.4 cm³/mol. The van der Waals surface area contributed by atoms with Crippen LogP contribution in [0.4, 0.5) is 0 Å². The maximum Gasteiger partial charge on any atom is 0.180 e. The molecule has 0 saturated carbocycles. The van der Waals surface area contributed by atoms with Gasteiger partial charge in [-0.25, -0.2) is 0 Å². The summed E-state index contributed by atoms with van der Waals surface area (Å²) >= 11 is 0. The van der Waals surface area contributed by atoms with E-state index in [0.29, 0.717) is 6.42 Å². The van der Waals surface area contributed by atoms with E-state index in [1.54, 1.807) is 4.68 Å². The number of Topliss-reactive ketones (excluding diaryl/α,β-unsaturated/α-hetero) is 1. The molecular formula is C11H18N2O. The number of hydrogen-bond donors (Lipinski definition) is 0. The molecule has 0 radical (unpaired) electrons. The summed E-state index contributed by atoms with van der Waals surface area (Å²) in [6, 6.07) is 1.90. The molecule has 0 aliphatic heterocycles. The molecule has 3 heteroatoms. The number of aromatic nitrogens is 2. The largest absolute Gasteiger partial charge is 0.292 e. The van der Waals surface area contributed by atoms with Crippen LogP contribution in [-0.4, -0.2) is 15.6 Å². The summed E-state index contributed by atoms with van der Waals surface area (Å²) in [6.45, 7) is 4.14. The molecule has 14 heavy (non-hydrogen) atoms. The van der Waals surface area contributed by atoms with Crippen LogP contribution in [0.2, 0.25) is 0 Å². The van der Waals surface area contributed by atoms with Crippen LogP contribution in [0.15, 0.2) is 6.07 Å². The van der Waals surface area contributed by atoms with Crippen molar-refractivity contribution in [2.45, 2.75) is 39.5 Å². The summed E-state index contributed by atoms with van der Waals surface area (Å²) in [4.78, 5) is 11.7. The molecule has 0 amide bonds. The standard InChI is InChI=1S/C11H18N2O/c1-4-6-7-11(14)10-8-9(5-2)12-13(10)3/h8H,4-7H2,1-3H3. The molecule has 0 atom stereocenters. The van der Waals surface area contributed by atoms with Crippen molar-refractivity contribution in [2.24, 2.45) is 7.05 Å². The summed E-state index contributed by atoms with van der Waals surface area (Å²) in [5.74, 6) is 0.210. The zero-order chi connectivity index (χ0) is 10.6. The van der Waals surface area contributed by atoms with Gasteiger partial charge in [0.05, 0.1) is 5.69 Å². The smallest absolute Gasteiger partial charge is 0.180 e. The van der Waals surface area contributed by atoms with Gasteiger partial charge >= 0.3 is 0 Å². The highest BCUT2D eigenvalue weighted by molar-refractivity contribution is 5.94. The first-order valence-corrected chi connectivity index (χ1v) is 5.25. The number of unbranched alkanes of at least 4 members (excludes halogenated alkanes) is 1. The molecule has 1 aromatic heterocycles. The van der Waals surface area contributed by atoms with Crippen molar-refractivity contribution < 1.29 is 4.79 Å². The Morgan fingerprint density at radius 1 is 1.50 bits per heavy atom. The van der Waals surface area contributed by atoms with Crippen molar-refractivity contribution in [3.63, 3.8) is 0 Å². The van der Waals surface area contributed by atoms with Crippen molar-refractivity contribution in [3.8, 4) is 0 Å². The van der Waals surface area contributed by atoms with Crippen molar-refractivity contribution in [2.75, 3.05) is 0 Å². The monoisotopic (exact) mass is 194 g/mol. The molecule has 1 aromatic rings. The van der Waals surface area contributed by atoms with Gasteiger partial charge in [-0.2, -0.15) is 5.10 Å². The van der Waals surface area contributed by atoms with Crippen LogP contribution in [0.3, 0.4) is 0 Å². The second kappa shape index (κ2) is 4.94. The van der Waals surface area contributed by atoms with Gasteiger partial charge in [0, 0.05) is 13.5 Å². The molecule has 0 unspecified atom stereocenters. The van der Waals surface area contributed by atoms with Crippen LogP contribution in [0.1, 0.15) is 49.3 Å². The second-order valence-electron chi connectivity index (χ2n) is 3.52. The van der Waals surface area contributed by atoms with Crippen LogP contribution in [0.25, 0.3) is 0 Å². The Hall–Kier alpha value is -1.12. The first kappa shape index (κ1) is 11.0. The molecule has 1 rings (SSSR count). The maximum atomic E-state index is 11.7. The van der Waals surface area contributed by atoms with Crippen LogP contribution in [0.5, 0.6) is 0 Å². The summed E-state index contributed by atoms with van der Waals surface area (Å²) in [6.07, 6.45) is 3.55. The second-order valence-corrected chi connectivity index (χ2v) is 3.52. The summed E-state index contributed by atoms with van der Waals surface area (Å²) in [5.41, 5.74) is 1.74. The zero-order valence-corrected chi connectivity index (χ0v) is 9.21. The van der Waals surface area contributed by atoms with Crippen LogP contribution >= 0.6 is 0 Å². The van der Waals surface area contributed by atoms with Gasteiger partial charge < -0.3 is 0 Å². The van der Waals surface area contributed by atoms with Gasteiger partial charge in [-0.15, -0.1) is 0 Å². The number of aryl methyl sites for hydroxylation is 2. The minimum absolute atomic E-state index is 0.210. The van der Waals surface area contributed by atoms with E-state index in [1.165, 1.54) is 0 Å². The van der Waals surface area contributed by atoms with E-state index in [2.05, 4.69) is 12.0 Å². The molecule has 0 aliphatic rings. The molecule has 0 N–H and O–H groups in total. The number of rotatable bonds is 5. The summed E-state index contributed by atoms with van der Waals surface area (Å²) < 4.78 is 1.69. The minimum atomic E-state index is 0.210. The molecule has 0 aromatic carbocycles. The lowest BCUT2D eigenvalue weighted by Gasteiger charge is -1.98. The quantitative estimate of drug-likeness (QED) is 0.674. The molecule has 3 nitrogen and oxygen atoms in total. The lowest BCUT2D eigenvalue weighted by atomic mass is 10.1. The number of ketones is 1. The summed E-state index contributed by atoms with van der Waals surface area (Å²) in [7, 11) is 1.83. The van der Waals surface area contributed by atoms with E-state index in [-0.39, 0.29) is 5.78 Å². The Morgan fingerprint density at radius 3 is 2.71 bits per heavy atom. The van der Waals surface area contributed by atoms with E-state index in [4.69, 9.17) is 0 Å². The number of carbonyl (C=O) groups excluding carboxylic acids is 1. The van der Waals surface area contributed by atoms with Gasteiger partial charge in [0.25, 0.3) is 0 Å². The van der Waals surface area contributed by atoms with E-state index in [1.807, 2.05) is 20.0 Å². The van der Waals surface area contributed by atoms with Crippen LogP contribution < -0.4 is 0 Å². The SMILES string of the molecule is CCCCC(=O)c1cc(CC)nn1C. The minimum Gasteiger partial charge on any atom is -0.292 e. The average Bonchev–Trinajstić information content (AvgIpc) is 2.56. The molecule has 78 valence electrons. The molecule has 0 aliphatic carbocycles. The van der Waals surface area contributed by atoms with E-state index in [0.717, 1.165) is 30.7 Å². The fraction of sp³-hybridized carbons (Fsp3) is 0.636. The third kappa shape index (κ3) is 2.44. The number of carbonyl (C=O) groups is 1. The topological polar surface area (TPSA) is 34.9 Å². The Kier molecular flexibility index (Phi) is 3.86. The highest BCUT2D eigenvalue weighted by atomic mass is 16.1. The third-order valence-electron chi connectivity index (χ3n) is 2.34. The lowest BCUT2D eigenvalue weighted by molar-refractivity contribution is 0.0970. The highest BCUT2D eigenvalue weighted by Gasteiger charge is 2.11. The van der Waals surface area contributed by atoms with Crippen molar-refractivity contribution in [1.29, 1.82) is 0 Å². The first-order chi connectivity index (χ1) is 6.69. The zero-order valence-electron chi connectivity index (χ0n) is 9.21. The third-order valence-corrected chi connectivity index (χ3v) is 2.34.